The third kappa shape index (κ3) is 3.52. The Morgan fingerprint density at radius 2 is 1.65 bits per heavy atom. The first-order valence-corrected chi connectivity index (χ1v) is 7.24. The van der Waals surface area contributed by atoms with E-state index in [9.17, 15) is 4.79 Å². The van der Waals surface area contributed by atoms with E-state index in [1.807, 2.05) is 60.7 Å². The van der Waals surface area contributed by atoms with E-state index in [1.165, 1.54) is 0 Å². The van der Waals surface area contributed by atoms with Crippen molar-refractivity contribution in [3.63, 3.8) is 0 Å². The van der Waals surface area contributed by atoms with Crippen LogP contribution in [-0.4, -0.2) is 15.9 Å². The predicted octanol–water partition coefficient (Wildman–Crippen LogP) is 2.66. The largest absolute Gasteiger partial charge is 0.382 e. The van der Waals surface area contributed by atoms with Gasteiger partial charge in [0.2, 0.25) is 0 Å². The van der Waals surface area contributed by atoms with E-state index < -0.39 is 0 Å². The van der Waals surface area contributed by atoms with Gasteiger partial charge < -0.3 is 11.1 Å². The topological polar surface area (TPSA) is 80.9 Å². The second kappa shape index (κ2) is 6.70. The molecule has 0 bridgehead atoms. The Bertz CT molecular complexity index is 804. The Morgan fingerprint density at radius 3 is 2.35 bits per heavy atom. The number of hydrogen-bond donors (Lipinski definition) is 2. The molecule has 0 unspecified atom stereocenters. The van der Waals surface area contributed by atoms with E-state index in [0.29, 0.717) is 12.2 Å². The molecule has 1 aromatic heterocycles. The Balaban J connectivity index is 1.80. The first kappa shape index (κ1) is 14.7. The van der Waals surface area contributed by atoms with Crippen LogP contribution >= 0.6 is 0 Å². The number of benzene rings is 2. The summed E-state index contributed by atoms with van der Waals surface area (Å²) in [6.45, 7) is 0.413. The van der Waals surface area contributed by atoms with Crippen LogP contribution in [0.2, 0.25) is 0 Å². The number of rotatable bonds is 4. The van der Waals surface area contributed by atoms with Crippen molar-refractivity contribution in [2.75, 3.05) is 5.73 Å². The Labute approximate surface area is 134 Å². The standard InChI is InChI=1S/C18H16N4O/c19-17-16(18(23)21-11-13-7-3-1-4-8-13)22-15(12-20-17)14-9-5-2-6-10-14/h1-10,12H,11H2,(H2,19,20)(H,21,23). The van der Waals surface area contributed by atoms with E-state index in [2.05, 4.69) is 15.3 Å². The van der Waals surface area contributed by atoms with Crippen LogP contribution in [-0.2, 0) is 6.54 Å². The first-order valence-electron chi connectivity index (χ1n) is 7.24. The Morgan fingerprint density at radius 1 is 1.00 bits per heavy atom. The SMILES string of the molecule is Nc1ncc(-c2ccccc2)nc1C(=O)NCc1ccccc1. The fraction of sp³-hybridized carbons (Fsp3) is 0.0556. The molecule has 0 aliphatic heterocycles. The van der Waals surface area contributed by atoms with E-state index in [0.717, 1.165) is 11.1 Å². The predicted molar refractivity (Wildman–Crippen MR) is 89.5 cm³/mol. The first-order chi connectivity index (χ1) is 11.2. The van der Waals surface area contributed by atoms with Gasteiger partial charge in [-0.15, -0.1) is 0 Å². The molecule has 0 aliphatic rings. The molecule has 0 radical (unpaired) electrons. The van der Waals surface area contributed by atoms with Crippen LogP contribution in [0.1, 0.15) is 16.1 Å². The molecule has 0 saturated carbocycles. The van der Waals surface area contributed by atoms with Crippen molar-refractivity contribution in [1.29, 1.82) is 0 Å². The summed E-state index contributed by atoms with van der Waals surface area (Å²) in [4.78, 5) is 20.8. The number of carbonyl (C=O) groups excluding carboxylic acids is 1. The van der Waals surface area contributed by atoms with Crippen molar-refractivity contribution in [3.05, 3.63) is 78.1 Å². The van der Waals surface area contributed by atoms with Gasteiger partial charge in [0, 0.05) is 12.1 Å². The molecule has 0 aliphatic carbocycles. The van der Waals surface area contributed by atoms with Gasteiger partial charge in [-0.2, -0.15) is 0 Å². The van der Waals surface area contributed by atoms with Crippen molar-refractivity contribution in [2.24, 2.45) is 0 Å². The highest BCUT2D eigenvalue weighted by atomic mass is 16.1. The fourth-order valence-electron chi connectivity index (χ4n) is 2.18. The number of nitrogen functional groups attached to an aromatic ring is 1. The molecule has 3 N–H and O–H groups in total. The van der Waals surface area contributed by atoms with Crippen LogP contribution in [0.4, 0.5) is 5.82 Å². The van der Waals surface area contributed by atoms with Crippen molar-refractivity contribution in [1.82, 2.24) is 15.3 Å². The molecule has 5 nitrogen and oxygen atoms in total. The number of aromatic nitrogens is 2. The van der Waals surface area contributed by atoms with Gasteiger partial charge >= 0.3 is 0 Å². The van der Waals surface area contributed by atoms with Crippen LogP contribution in [0.5, 0.6) is 0 Å². The molecule has 0 fully saturated rings. The number of hydrogen-bond acceptors (Lipinski definition) is 4. The van der Waals surface area contributed by atoms with E-state index >= 15 is 0 Å². The molecular formula is C18H16N4O. The number of amides is 1. The molecule has 5 heteroatoms. The molecule has 0 atom stereocenters. The second-order valence-corrected chi connectivity index (χ2v) is 5.02. The van der Waals surface area contributed by atoms with E-state index in [4.69, 9.17) is 5.73 Å². The molecule has 0 saturated heterocycles. The highest BCUT2D eigenvalue weighted by Gasteiger charge is 2.14. The lowest BCUT2D eigenvalue weighted by Gasteiger charge is -2.08. The quantitative estimate of drug-likeness (QED) is 0.776. The van der Waals surface area contributed by atoms with Crippen LogP contribution in [0, 0.1) is 0 Å². The monoisotopic (exact) mass is 304 g/mol. The highest BCUT2D eigenvalue weighted by molar-refractivity contribution is 5.96. The lowest BCUT2D eigenvalue weighted by Crippen LogP contribution is -2.25. The minimum Gasteiger partial charge on any atom is -0.382 e. The summed E-state index contributed by atoms with van der Waals surface area (Å²) < 4.78 is 0. The zero-order chi connectivity index (χ0) is 16.1. The number of nitrogens with two attached hydrogens (primary N) is 1. The van der Waals surface area contributed by atoms with Crippen LogP contribution in [0.15, 0.2) is 66.9 Å². The Kier molecular flexibility index (Phi) is 4.29. The summed E-state index contributed by atoms with van der Waals surface area (Å²) in [6.07, 6.45) is 1.57. The number of nitrogens with one attached hydrogen (secondary N) is 1. The van der Waals surface area contributed by atoms with Gasteiger partial charge in [0.15, 0.2) is 11.5 Å². The van der Waals surface area contributed by atoms with Crippen LogP contribution < -0.4 is 11.1 Å². The molecule has 1 amide bonds. The maximum atomic E-state index is 12.3. The molecule has 114 valence electrons. The van der Waals surface area contributed by atoms with Crippen LogP contribution in [0.3, 0.4) is 0 Å². The summed E-state index contributed by atoms with van der Waals surface area (Å²) >= 11 is 0. The summed E-state index contributed by atoms with van der Waals surface area (Å²) in [5, 5.41) is 2.81. The lowest BCUT2D eigenvalue weighted by atomic mass is 10.1. The third-order valence-corrected chi connectivity index (χ3v) is 3.38. The Hall–Kier alpha value is -3.21. The van der Waals surface area contributed by atoms with Gasteiger partial charge in [-0.05, 0) is 5.56 Å². The molecule has 23 heavy (non-hydrogen) atoms. The molecule has 1 heterocycles. The number of anilines is 1. The van der Waals surface area contributed by atoms with E-state index in [-0.39, 0.29) is 17.4 Å². The second-order valence-electron chi connectivity index (χ2n) is 5.02. The minimum atomic E-state index is -0.336. The average molecular weight is 304 g/mol. The van der Waals surface area contributed by atoms with Gasteiger partial charge in [-0.25, -0.2) is 9.97 Å². The van der Waals surface area contributed by atoms with Crippen molar-refractivity contribution < 1.29 is 4.79 Å². The minimum absolute atomic E-state index is 0.121. The van der Waals surface area contributed by atoms with Gasteiger partial charge in [0.25, 0.3) is 5.91 Å². The number of nitrogens with zero attached hydrogens (tertiary/aromatic N) is 2. The zero-order valence-corrected chi connectivity index (χ0v) is 12.4. The maximum absolute atomic E-state index is 12.3. The molecule has 3 rings (SSSR count). The average Bonchev–Trinajstić information content (AvgIpc) is 2.62. The van der Waals surface area contributed by atoms with Gasteiger partial charge in [0.05, 0.1) is 11.9 Å². The van der Waals surface area contributed by atoms with Crippen molar-refractivity contribution in [2.45, 2.75) is 6.54 Å². The van der Waals surface area contributed by atoms with Gasteiger partial charge in [0.1, 0.15) is 0 Å². The molecule has 3 aromatic rings. The molecular weight excluding hydrogens is 288 g/mol. The summed E-state index contributed by atoms with van der Waals surface area (Å²) in [6, 6.07) is 19.2. The molecule has 2 aromatic carbocycles. The summed E-state index contributed by atoms with van der Waals surface area (Å²) in [5.41, 5.74) is 8.45. The third-order valence-electron chi connectivity index (χ3n) is 3.38. The highest BCUT2D eigenvalue weighted by Crippen LogP contribution is 2.17. The van der Waals surface area contributed by atoms with Crippen molar-refractivity contribution >= 4 is 11.7 Å². The smallest absolute Gasteiger partial charge is 0.274 e. The normalized spacial score (nSPS) is 10.3. The fourth-order valence-corrected chi connectivity index (χ4v) is 2.18. The van der Waals surface area contributed by atoms with E-state index in [1.54, 1.807) is 6.20 Å². The van der Waals surface area contributed by atoms with Crippen LogP contribution in [0.25, 0.3) is 11.3 Å². The maximum Gasteiger partial charge on any atom is 0.274 e. The zero-order valence-electron chi connectivity index (χ0n) is 12.4. The summed E-state index contributed by atoms with van der Waals surface area (Å²) in [5.74, 6) is -0.216. The van der Waals surface area contributed by atoms with Crippen molar-refractivity contribution in [3.8, 4) is 11.3 Å². The lowest BCUT2D eigenvalue weighted by molar-refractivity contribution is 0.0946. The molecule has 0 spiro atoms. The number of carbonyl (C=O) groups is 1. The van der Waals surface area contributed by atoms with Gasteiger partial charge in [-0.1, -0.05) is 60.7 Å². The van der Waals surface area contributed by atoms with Gasteiger partial charge in [-0.3, -0.25) is 4.79 Å². The summed E-state index contributed by atoms with van der Waals surface area (Å²) in [7, 11) is 0.